The molecular weight excluding hydrogens is 854 g/mol. The van der Waals surface area contributed by atoms with Gasteiger partial charge in [-0.2, -0.15) is 18.2 Å². The van der Waals surface area contributed by atoms with Crippen LogP contribution in [0.1, 0.15) is 13.8 Å². The van der Waals surface area contributed by atoms with Gasteiger partial charge < -0.3 is 54.3 Å². The molecule has 0 amide bonds. The predicted molar refractivity (Wildman–Crippen MR) is 176 cm³/mol. The van der Waals surface area contributed by atoms with Crippen LogP contribution in [0.3, 0.4) is 0 Å². The van der Waals surface area contributed by atoms with Crippen LogP contribution in [0.2, 0.25) is 0 Å². The van der Waals surface area contributed by atoms with E-state index in [4.69, 9.17) is 23.0 Å². The molecular formula is C32H34IN4O6V2Y-3. The molecule has 241 valence electrons. The SMILES string of the molecule is COC(C)=O.COC(C)=O.[C-]#[N+]c1ccccc1O.[C-]#[N+]c1ccccc1Oc1ccccn1.[CH2-]I.[CH3-].[V].[V].[Y].[c-]1ccccn1. The van der Waals surface area contributed by atoms with Gasteiger partial charge in [0.05, 0.1) is 27.4 Å². The number of hydrogen-bond acceptors (Lipinski definition) is 8. The van der Waals surface area contributed by atoms with Gasteiger partial charge in [-0.25, -0.2) is 14.7 Å². The van der Waals surface area contributed by atoms with Crippen molar-refractivity contribution in [3.8, 4) is 17.4 Å². The summed E-state index contributed by atoms with van der Waals surface area (Å²) in [7, 11) is 2.70. The number of phenols is 1. The number of pyridine rings is 2. The Bertz CT molecular complexity index is 1320. The summed E-state index contributed by atoms with van der Waals surface area (Å²) < 4.78 is 13.7. The number of nitrogens with zero attached hydrogens (tertiary/aromatic N) is 4. The largest absolute Gasteiger partial charge is 0.519 e. The first kappa shape index (κ1) is 55.7. The fourth-order valence-electron chi connectivity index (χ4n) is 1.99. The summed E-state index contributed by atoms with van der Waals surface area (Å²) in [5.74, 6) is 0.585. The summed E-state index contributed by atoms with van der Waals surface area (Å²) in [5, 5.41) is 8.90. The number of aromatic nitrogens is 2. The Morgan fingerprint density at radius 3 is 1.59 bits per heavy atom. The Kier molecular flexibility index (Phi) is 48.7. The van der Waals surface area contributed by atoms with E-state index in [1.165, 1.54) is 34.1 Å². The standard InChI is InChI=1S/C12H8N2O.C7H5NO.C5H4N.2C3H6O2.CH2I.CH3.2V.Y/c1-13-10-6-2-3-7-11(10)15-12-8-4-5-9-14-12;1-8-6-4-2-3-5-7(6)9;1-2-4-6-5-3-1;2*1-3(4)5-2;1-2;;;;/h2-9H;2-5,9H;1-4H;2*1-2H3;1H2;1H3;;;/q;;-1;;;2*-1;;;. The van der Waals surface area contributed by atoms with E-state index in [1.807, 2.05) is 52.9 Å². The predicted octanol–water partition coefficient (Wildman–Crippen LogP) is 8.26. The fourth-order valence-corrected chi connectivity index (χ4v) is 1.99. The Labute approximate surface area is 335 Å². The maximum absolute atomic E-state index is 9.59. The molecule has 14 heteroatoms. The topological polar surface area (TPSA) is 117 Å². The molecule has 0 spiro atoms. The molecule has 0 saturated heterocycles. The molecule has 0 bridgehead atoms. The van der Waals surface area contributed by atoms with Crippen LogP contribution in [0.4, 0.5) is 11.4 Å². The van der Waals surface area contributed by atoms with Gasteiger partial charge in [0, 0.05) is 95.9 Å². The van der Waals surface area contributed by atoms with Crippen molar-refractivity contribution in [1.29, 1.82) is 0 Å². The van der Waals surface area contributed by atoms with Gasteiger partial charge in [-0.05, 0) is 18.2 Å². The molecule has 4 aromatic rings. The first-order valence-electron chi connectivity index (χ1n) is 11.6. The monoisotopic (exact) mass is 888 g/mol. The maximum atomic E-state index is 9.59. The molecule has 0 aliphatic rings. The van der Waals surface area contributed by atoms with E-state index in [0.29, 0.717) is 23.0 Å². The number of aromatic hydroxyl groups is 1. The van der Waals surface area contributed by atoms with Crippen LogP contribution in [0.25, 0.3) is 9.69 Å². The Morgan fingerprint density at radius 1 is 0.804 bits per heavy atom. The zero-order valence-electron chi connectivity index (χ0n) is 26.1. The van der Waals surface area contributed by atoms with Crippen LogP contribution in [-0.4, -0.2) is 41.2 Å². The average Bonchev–Trinajstić information content (AvgIpc) is 3.05. The third kappa shape index (κ3) is 32.6. The van der Waals surface area contributed by atoms with E-state index in [0.717, 1.165) is 0 Å². The van der Waals surface area contributed by atoms with E-state index in [9.17, 15) is 9.59 Å². The van der Waals surface area contributed by atoms with E-state index in [2.05, 4.69) is 40.3 Å². The number of phenolic OH excluding ortho intramolecular Hbond substituents is 1. The Balaban J connectivity index is -0.000000113. The third-order valence-corrected chi connectivity index (χ3v) is 3.93. The van der Waals surface area contributed by atoms with E-state index >= 15 is 0 Å². The molecule has 2 aromatic heterocycles. The van der Waals surface area contributed by atoms with Crippen molar-refractivity contribution in [3.63, 3.8) is 0 Å². The molecule has 0 aliphatic carbocycles. The van der Waals surface area contributed by atoms with E-state index < -0.39 is 0 Å². The van der Waals surface area contributed by atoms with Gasteiger partial charge in [-0.1, -0.05) is 54.9 Å². The van der Waals surface area contributed by atoms with E-state index in [1.54, 1.807) is 60.9 Å². The van der Waals surface area contributed by atoms with Crippen molar-refractivity contribution < 1.29 is 98.7 Å². The number of hydrogen-bond donors (Lipinski definition) is 1. The second-order valence-corrected chi connectivity index (χ2v) is 6.80. The quantitative estimate of drug-likeness (QED) is 0.122. The summed E-state index contributed by atoms with van der Waals surface area (Å²) in [4.78, 5) is 36.5. The second kappa shape index (κ2) is 40.3. The average molecular weight is 888 g/mol. The number of carbonyl (C=O) groups is 2. The van der Waals surface area contributed by atoms with Crippen LogP contribution in [0, 0.1) is 31.7 Å². The summed E-state index contributed by atoms with van der Waals surface area (Å²) in [6.07, 6.45) is 5.99. The van der Waals surface area contributed by atoms with Crippen LogP contribution < -0.4 is 4.74 Å². The minimum Gasteiger partial charge on any atom is -0.519 e. The van der Waals surface area contributed by atoms with Crippen molar-refractivity contribution in [2.24, 2.45) is 0 Å². The number of para-hydroxylation sites is 4. The molecule has 0 aliphatic heterocycles. The van der Waals surface area contributed by atoms with Crippen molar-refractivity contribution in [3.05, 3.63) is 139 Å². The van der Waals surface area contributed by atoms with Crippen molar-refractivity contribution in [2.45, 2.75) is 13.8 Å². The fraction of sp³-hybridized carbons (Fsp3) is 0.125. The maximum Gasteiger partial charge on any atom is 0.302 e. The number of methoxy groups -OCH3 is 2. The van der Waals surface area contributed by atoms with E-state index in [-0.39, 0.29) is 94.9 Å². The molecule has 2 heterocycles. The number of ether oxygens (including phenoxy) is 3. The summed E-state index contributed by atoms with van der Waals surface area (Å²) >= 11 is 1.90. The zero-order chi connectivity index (χ0) is 32.0. The molecule has 3 radical (unpaired) electrons. The molecule has 10 nitrogen and oxygen atoms in total. The normalized spacial score (nSPS) is 7.30. The second-order valence-electron chi connectivity index (χ2n) is 6.80. The van der Waals surface area contributed by atoms with Gasteiger partial charge in [0.25, 0.3) is 0 Å². The van der Waals surface area contributed by atoms with Crippen LogP contribution in [0.15, 0.2) is 97.3 Å². The van der Waals surface area contributed by atoms with Crippen LogP contribution in [0.5, 0.6) is 17.4 Å². The molecule has 0 unspecified atom stereocenters. The van der Waals surface area contributed by atoms with Crippen LogP contribution in [-0.2, 0) is 88.9 Å². The van der Waals surface area contributed by atoms with Crippen molar-refractivity contribution in [1.82, 2.24) is 9.97 Å². The number of benzene rings is 2. The van der Waals surface area contributed by atoms with Gasteiger partial charge >= 0.3 is 11.9 Å². The first-order valence-corrected chi connectivity index (χ1v) is 13.1. The molecule has 0 atom stereocenters. The van der Waals surface area contributed by atoms with Gasteiger partial charge in [0.15, 0.2) is 0 Å². The Hall–Kier alpha value is -2.74. The minimum atomic E-state index is -0.245. The molecule has 46 heavy (non-hydrogen) atoms. The number of carbonyl (C=O) groups excluding carboxylic acids is 2. The number of halogens is 1. The zero-order valence-corrected chi connectivity index (χ0v) is 33.9. The third-order valence-electron chi connectivity index (χ3n) is 3.93. The van der Waals surface area contributed by atoms with Crippen molar-refractivity contribution in [2.75, 3.05) is 14.2 Å². The van der Waals surface area contributed by atoms with Gasteiger partial charge in [-0.15, -0.1) is 0 Å². The first-order chi connectivity index (χ1) is 20.3. The molecule has 4 rings (SSSR count). The molecule has 0 saturated carbocycles. The molecule has 2 aromatic carbocycles. The Morgan fingerprint density at radius 2 is 1.26 bits per heavy atom. The van der Waals surface area contributed by atoms with Crippen LogP contribution >= 0.6 is 22.6 Å². The number of rotatable bonds is 2. The minimum absolute atomic E-state index is 0. The summed E-state index contributed by atoms with van der Waals surface area (Å²) in [6.45, 7) is 16.2. The number of esters is 2. The smallest absolute Gasteiger partial charge is 0.302 e. The summed E-state index contributed by atoms with van der Waals surface area (Å²) in [5.41, 5.74) is 0.792. The van der Waals surface area contributed by atoms with Gasteiger partial charge in [0.1, 0.15) is 11.5 Å². The van der Waals surface area contributed by atoms with Crippen molar-refractivity contribution >= 4 is 45.9 Å². The summed E-state index contributed by atoms with van der Waals surface area (Å²) in [6, 6.07) is 24.5. The molecule has 0 fully saturated rings. The van der Waals surface area contributed by atoms with Gasteiger partial charge in [0.2, 0.25) is 17.3 Å². The van der Waals surface area contributed by atoms with Gasteiger partial charge in [-0.3, -0.25) is 14.5 Å². The molecule has 1 N–H and O–H groups in total.